The van der Waals surface area contributed by atoms with E-state index in [2.05, 4.69) is 17.9 Å². The highest BCUT2D eigenvalue weighted by molar-refractivity contribution is 5.68. The van der Waals surface area contributed by atoms with Crippen LogP contribution in [-0.4, -0.2) is 31.3 Å². The molecule has 0 aromatic heterocycles. The first-order valence-electron chi connectivity index (χ1n) is 7.26. The topological polar surface area (TPSA) is 49.8 Å². The molecule has 110 valence electrons. The van der Waals surface area contributed by atoms with Crippen molar-refractivity contribution in [2.24, 2.45) is 0 Å². The number of anilines is 1. The Balaban J connectivity index is 2.10. The molecule has 1 N–H and O–H groups in total. The van der Waals surface area contributed by atoms with Crippen molar-refractivity contribution in [3.8, 4) is 5.75 Å². The molecule has 0 saturated heterocycles. The number of unbranched alkanes of at least 4 members (excludes halogenated alkanes) is 1. The van der Waals surface area contributed by atoms with Gasteiger partial charge in [0, 0.05) is 19.5 Å². The highest BCUT2D eigenvalue weighted by Gasteiger charge is 2.22. The fourth-order valence-corrected chi connectivity index (χ4v) is 2.90. The van der Waals surface area contributed by atoms with Gasteiger partial charge in [-0.25, -0.2) is 0 Å². The number of rotatable bonds is 6. The Bertz CT molecular complexity index is 485. The largest absolute Gasteiger partial charge is 0.495 e. The number of nitrogens with zero attached hydrogens (tertiary/aromatic N) is 1. The van der Waals surface area contributed by atoms with Crippen LogP contribution in [0, 0.1) is 6.92 Å². The molecule has 1 heterocycles. The Labute approximate surface area is 120 Å². The number of fused-ring (bicyclic) bond motifs is 1. The van der Waals surface area contributed by atoms with Crippen LogP contribution in [0.4, 0.5) is 5.69 Å². The molecule has 1 aromatic rings. The number of benzene rings is 1. The lowest BCUT2D eigenvalue weighted by molar-refractivity contribution is -0.137. The first-order chi connectivity index (χ1) is 9.63. The molecule has 1 aromatic carbocycles. The molecule has 0 spiro atoms. The number of hydrogen-bond acceptors (Lipinski definition) is 3. The lowest BCUT2D eigenvalue weighted by Crippen LogP contribution is -2.31. The van der Waals surface area contributed by atoms with Gasteiger partial charge in [-0.3, -0.25) is 4.79 Å². The summed E-state index contributed by atoms with van der Waals surface area (Å²) in [6.07, 6.45) is 4.15. The van der Waals surface area contributed by atoms with E-state index in [1.165, 1.54) is 16.8 Å². The van der Waals surface area contributed by atoms with Crippen LogP contribution in [0.2, 0.25) is 0 Å². The third-order valence-electron chi connectivity index (χ3n) is 3.94. The smallest absolute Gasteiger partial charge is 0.303 e. The first-order valence-corrected chi connectivity index (χ1v) is 7.26. The van der Waals surface area contributed by atoms with Gasteiger partial charge in [0.2, 0.25) is 0 Å². The minimum Gasteiger partial charge on any atom is -0.495 e. The Morgan fingerprint density at radius 2 is 2.20 bits per heavy atom. The summed E-state index contributed by atoms with van der Waals surface area (Å²) in [6, 6.07) is 4.15. The molecule has 0 amide bonds. The molecule has 0 unspecified atom stereocenters. The van der Waals surface area contributed by atoms with E-state index in [4.69, 9.17) is 9.84 Å². The summed E-state index contributed by atoms with van der Waals surface area (Å²) in [7, 11) is 1.71. The Morgan fingerprint density at radius 3 is 2.90 bits per heavy atom. The van der Waals surface area contributed by atoms with Gasteiger partial charge in [0.1, 0.15) is 5.75 Å². The summed E-state index contributed by atoms with van der Waals surface area (Å²) < 4.78 is 5.51. The third kappa shape index (κ3) is 3.24. The fourth-order valence-electron chi connectivity index (χ4n) is 2.90. The predicted molar refractivity (Wildman–Crippen MR) is 79.8 cm³/mol. The number of hydrogen-bond donors (Lipinski definition) is 1. The molecule has 4 heteroatoms. The molecule has 1 aliphatic rings. The van der Waals surface area contributed by atoms with Crippen molar-refractivity contribution < 1.29 is 14.6 Å². The average molecular weight is 277 g/mol. The Kier molecular flexibility index (Phi) is 4.88. The maximum atomic E-state index is 10.6. The van der Waals surface area contributed by atoms with Crippen LogP contribution < -0.4 is 9.64 Å². The van der Waals surface area contributed by atoms with Crippen LogP contribution in [0.5, 0.6) is 5.75 Å². The van der Waals surface area contributed by atoms with Gasteiger partial charge in [0.15, 0.2) is 0 Å². The zero-order valence-corrected chi connectivity index (χ0v) is 12.3. The van der Waals surface area contributed by atoms with E-state index in [1.54, 1.807) is 7.11 Å². The van der Waals surface area contributed by atoms with Gasteiger partial charge in [-0.2, -0.15) is 0 Å². The lowest BCUT2D eigenvalue weighted by Gasteiger charge is -2.33. The number of carboxylic acid groups (broad SMARTS) is 1. The van der Waals surface area contributed by atoms with E-state index < -0.39 is 5.97 Å². The summed E-state index contributed by atoms with van der Waals surface area (Å²) in [5, 5.41) is 8.69. The Hall–Kier alpha value is -1.71. The lowest BCUT2D eigenvalue weighted by atomic mass is 9.96. The van der Waals surface area contributed by atoms with Crippen LogP contribution >= 0.6 is 0 Å². The van der Waals surface area contributed by atoms with Crippen LogP contribution in [0.1, 0.15) is 36.8 Å². The molecule has 0 atom stereocenters. The summed E-state index contributed by atoms with van der Waals surface area (Å²) in [4.78, 5) is 12.9. The molecule has 0 bridgehead atoms. The van der Waals surface area contributed by atoms with Gasteiger partial charge in [0.25, 0.3) is 0 Å². The van der Waals surface area contributed by atoms with Crippen LogP contribution in [0.25, 0.3) is 0 Å². The highest BCUT2D eigenvalue weighted by atomic mass is 16.5. The SMILES string of the molecule is COc1ccc(C)c2c1N(CCCCC(=O)O)CCC2. The third-order valence-corrected chi connectivity index (χ3v) is 3.94. The maximum absolute atomic E-state index is 10.6. The van der Waals surface area contributed by atoms with Crippen molar-refractivity contribution in [2.75, 3.05) is 25.1 Å². The summed E-state index contributed by atoms with van der Waals surface area (Å²) in [6.45, 7) is 4.08. The van der Waals surface area contributed by atoms with Crippen molar-refractivity contribution in [1.82, 2.24) is 0 Å². The zero-order valence-electron chi connectivity index (χ0n) is 12.3. The van der Waals surface area contributed by atoms with Gasteiger partial charge in [0.05, 0.1) is 12.8 Å². The normalized spacial score (nSPS) is 14.0. The van der Waals surface area contributed by atoms with E-state index >= 15 is 0 Å². The molecule has 4 nitrogen and oxygen atoms in total. The zero-order chi connectivity index (χ0) is 14.5. The predicted octanol–water partition coefficient (Wildman–Crippen LogP) is 3.01. The van der Waals surface area contributed by atoms with E-state index in [1.807, 2.05) is 6.07 Å². The second kappa shape index (κ2) is 6.64. The second-order valence-electron chi connectivity index (χ2n) is 5.35. The van der Waals surface area contributed by atoms with Crippen molar-refractivity contribution in [3.63, 3.8) is 0 Å². The highest BCUT2D eigenvalue weighted by Crippen LogP contribution is 2.38. The van der Waals surface area contributed by atoms with Crippen molar-refractivity contribution in [1.29, 1.82) is 0 Å². The number of carbonyl (C=O) groups is 1. The van der Waals surface area contributed by atoms with Gasteiger partial charge < -0.3 is 14.7 Å². The van der Waals surface area contributed by atoms with Crippen molar-refractivity contribution in [3.05, 3.63) is 23.3 Å². The Morgan fingerprint density at radius 1 is 1.40 bits per heavy atom. The molecule has 0 radical (unpaired) electrons. The number of methoxy groups -OCH3 is 1. The maximum Gasteiger partial charge on any atom is 0.303 e. The van der Waals surface area contributed by atoms with Crippen LogP contribution in [0.15, 0.2) is 12.1 Å². The van der Waals surface area contributed by atoms with E-state index in [0.29, 0.717) is 0 Å². The minimum absolute atomic E-state index is 0.256. The quantitative estimate of drug-likeness (QED) is 0.812. The molecule has 0 saturated carbocycles. The molecule has 1 aliphatic heterocycles. The number of aryl methyl sites for hydroxylation is 1. The molecular weight excluding hydrogens is 254 g/mol. The second-order valence-corrected chi connectivity index (χ2v) is 5.35. The van der Waals surface area contributed by atoms with E-state index in [0.717, 1.165) is 44.5 Å². The average Bonchev–Trinajstić information content (AvgIpc) is 2.44. The molecule has 2 rings (SSSR count). The molecule has 20 heavy (non-hydrogen) atoms. The summed E-state index contributed by atoms with van der Waals surface area (Å²) in [5.74, 6) is 0.223. The molecule has 0 fully saturated rings. The number of aliphatic carboxylic acids is 1. The van der Waals surface area contributed by atoms with Gasteiger partial charge in [-0.15, -0.1) is 0 Å². The first kappa shape index (κ1) is 14.7. The fraction of sp³-hybridized carbons (Fsp3) is 0.562. The standard InChI is InChI=1S/C16H23NO3/c1-12-8-9-14(20-2)16-13(12)6-5-11-17(16)10-4-3-7-15(18)19/h8-9H,3-7,10-11H2,1-2H3,(H,18,19). The molecule has 0 aliphatic carbocycles. The van der Waals surface area contributed by atoms with Gasteiger partial charge in [-0.05, 0) is 49.8 Å². The number of carboxylic acids is 1. The minimum atomic E-state index is -0.711. The van der Waals surface area contributed by atoms with E-state index in [-0.39, 0.29) is 6.42 Å². The molecular formula is C16H23NO3. The summed E-state index contributed by atoms with van der Waals surface area (Å²) in [5.41, 5.74) is 3.92. The summed E-state index contributed by atoms with van der Waals surface area (Å²) >= 11 is 0. The van der Waals surface area contributed by atoms with Crippen molar-refractivity contribution in [2.45, 2.75) is 39.0 Å². The van der Waals surface area contributed by atoms with Crippen LogP contribution in [0.3, 0.4) is 0 Å². The van der Waals surface area contributed by atoms with Gasteiger partial charge in [-0.1, -0.05) is 6.07 Å². The number of ether oxygens (including phenoxy) is 1. The van der Waals surface area contributed by atoms with E-state index in [9.17, 15) is 4.79 Å². The van der Waals surface area contributed by atoms with Crippen LogP contribution in [-0.2, 0) is 11.2 Å². The monoisotopic (exact) mass is 277 g/mol. The van der Waals surface area contributed by atoms with Gasteiger partial charge >= 0.3 is 5.97 Å². The van der Waals surface area contributed by atoms with Crippen molar-refractivity contribution >= 4 is 11.7 Å².